The summed E-state index contributed by atoms with van der Waals surface area (Å²) in [5.74, 6) is 1.31. The first kappa shape index (κ1) is 17.0. The van der Waals surface area contributed by atoms with Crippen LogP contribution in [0.25, 0.3) is 0 Å². The molecule has 1 atom stereocenters. The summed E-state index contributed by atoms with van der Waals surface area (Å²) in [6.07, 6.45) is 8.39. The van der Waals surface area contributed by atoms with E-state index in [4.69, 9.17) is 4.74 Å². The number of aryl methyl sites for hydroxylation is 1. The summed E-state index contributed by atoms with van der Waals surface area (Å²) in [7, 11) is 1.80. The van der Waals surface area contributed by atoms with Gasteiger partial charge in [-0.25, -0.2) is 9.97 Å². The molecule has 3 heterocycles. The summed E-state index contributed by atoms with van der Waals surface area (Å²) >= 11 is 0. The number of anilines is 1. The highest BCUT2D eigenvalue weighted by Crippen LogP contribution is 2.25. The summed E-state index contributed by atoms with van der Waals surface area (Å²) in [5.41, 5.74) is 0.430. The van der Waals surface area contributed by atoms with Gasteiger partial charge in [-0.05, 0) is 25.0 Å². The van der Waals surface area contributed by atoms with Crippen molar-refractivity contribution in [2.45, 2.75) is 37.8 Å². The highest BCUT2D eigenvalue weighted by Gasteiger charge is 2.32. The molecule has 1 N–H and O–H groups in total. The number of carbonyl (C=O) groups is 1. The van der Waals surface area contributed by atoms with Crippen molar-refractivity contribution in [1.29, 1.82) is 0 Å². The molecule has 2 aromatic rings. The minimum absolute atomic E-state index is 0.114. The van der Waals surface area contributed by atoms with Gasteiger partial charge in [0.05, 0.1) is 13.2 Å². The first-order chi connectivity index (χ1) is 12.7. The molecule has 0 radical (unpaired) electrons. The molecule has 8 heteroatoms. The number of morpholine rings is 1. The minimum Gasteiger partial charge on any atom is -0.377 e. The standard InChI is InChI=1S/C18H24N6O2/c1-23-9-7-14(22-23)18(25)24-10-11-26-12-15(24)17-19-8-6-16(21-17)20-13-4-2-3-5-13/h6-9,13,15H,2-5,10-12H2,1H3,(H,19,20,21)/t15-/m0/s1. The van der Waals surface area contributed by atoms with Gasteiger partial charge < -0.3 is 15.0 Å². The molecule has 1 saturated heterocycles. The molecule has 1 aliphatic carbocycles. The normalized spacial score (nSPS) is 21.1. The average Bonchev–Trinajstić information content (AvgIpc) is 3.33. The third-order valence-corrected chi connectivity index (χ3v) is 5.00. The molecule has 0 unspecified atom stereocenters. The molecule has 8 nitrogen and oxygen atoms in total. The van der Waals surface area contributed by atoms with Crippen LogP contribution in [-0.2, 0) is 11.8 Å². The fourth-order valence-corrected chi connectivity index (χ4v) is 3.63. The van der Waals surface area contributed by atoms with E-state index in [-0.39, 0.29) is 11.9 Å². The van der Waals surface area contributed by atoms with Crippen LogP contribution in [0.1, 0.15) is 48.0 Å². The predicted molar refractivity (Wildman–Crippen MR) is 95.7 cm³/mol. The zero-order valence-corrected chi connectivity index (χ0v) is 15.0. The van der Waals surface area contributed by atoms with Crippen LogP contribution in [0.5, 0.6) is 0 Å². The third kappa shape index (κ3) is 3.55. The van der Waals surface area contributed by atoms with Gasteiger partial charge in [0.2, 0.25) is 0 Å². The van der Waals surface area contributed by atoms with E-state index in [1.54, 1.807) is 35.1 Å². The number of nitrogens with one attached hydrogen (secondary N) is 1. The van der Waals surface area contributed by atoms with Crippen LogP contribution >= 0.6 is 0 Å². The summed E-state index contributed by atoms with van der Waals surface area (Å²) < 4.78 is 7.24. The quantitative estimate of drug-likeness (QED) is 0.899. The van der Waals surface area contributed by atoms with Gasteiger partial charge in [0, 0.05) is 32.0 Å². The van der Waals surface area contributed by atoms with E-state index < -0.39 is 0 Å². The van der Waals surface area contributed by atoms with Gasteiger partial charge >= 0.3 is 0 Å². The second kappa shape index (κ2) is 7.41. The zero-order chi connectivity index (χ0) is 17.9. The van der Waals surface area contributed by atoms with E-state index in [2.05, 4.69) is 20.4 Å². The number of aromatic nitrogens is 4. The van der Waals surface area contributed by atoms with Crippen molar-refractivity contribution in [3.8, 4) is 0 Å². The number of ether oxygens (including phenoxy) is 1. The van der Waals surface area contributed by atoms with Crippen LogP contribution in [0.15, 0.2) is 24.5 Å². The lowest BCUT2D eigenvalue weighted by atomic mass is 10.2. The van der Waals surface area contributed by atoms with Crippen molar-refractivity contribution >= 4 is 11.7 Å². The van der Waals surface area contributed by atoms with Crippen LogP contribution in [0, 0.1) is 0 Å². The Hall–Kier alpha value is -2.48. The summed E-state index contributed by atoms with van der Waals surface area (Å²) in [6.45, 7) is 1.41. The van der Waals surface area contributed by atoms with Gasteiger partial charge in [0.1, 0.15) is 17.6 Å². The van der Waals surface area contributed by atoms with Gasteiger partial charge in [-0.1, -0.05) is 12.8 Å². The molecule has 0 bridgehead atoms. The minimum atomic E-state index is -0.302. The number of amides is 1. The van der Waals surface area contributed by atoms with Gasteiger partial charge in [-0.15, -0.1) is 0 Å². The Kier molecular flexibility index (Phi) is 4.83. The van der Waals surface area contributed by atoms with Crippen molar-refractivity contribution in [1.82, 2.24) is 24.6 Å². The number of carbonyl (C=O) groups excluding carboxylic acids is 1. The second-order valence-corrected chi connectivity index (χ2v) is 6.89. The Morgan fingerprint density at radius 3 is 2.92 bits per heavy atom. The number of nitrogens with zero attached hydrogens (tertiary/aromatic N) is 5. The van der Waals surface area contributed by atoms with Crippen LogP contribution in [0.2, 0.25) is 0 Å². The Morgan fingerprint density at radius 2 is 2.15 bits per heavy atom. The molecule has 2 aromatic heterocycles. The van der Waals surface area contributed by atoms with Gasteiger partial charge in [-0.2, -0.15) is 5.10 Å². The maximum absolute atomic E-state index is 12.9. The van der Waals surface area contributed by atoms with E-state index in [1.807, 2.05) is 6.07 Å². The SMILES string of the molecule is Cn1ccc(C(=O)N2CCOC[C@H]2c2nccc(NC3CCCC3)n2)n1. The molecule has 1 saturated carbocycles. The second-order valence-electron chi connectivity index (χ2n) is 6.89. The average molecular weight is 356 g/mol. The van der Waals surface area contributed by atoms with E-state index >= 15 is 0 Å². The first-order valence-corrected chi connectivity index (χ1v) is 9.18. The zero-order valence-electron chi connectivity index (χ0n) is 15.0. The molecule has 0 spiro atoms. The van der Waals surface area contributed by atoms with E-state index in [1.165, 1.54) is 25.7 Å². The maximum Gasteiger partial charge on any atom is 0.275 e. The van der Waals surface area contributed by atoms with Crippen LogP contribution in [0.3, 0.4) is 0 Å². The van der Waals surface area contributed by atoms with Crippen LogP contribution in [-0.4, -0.2) is 56.4 Å². The van der Waals surface area contributed by atoms with Gasteiger partial charge in [0.15, 0.2) is 5.82 Å². The van der Waals surface area contributed by atoms with Crippen LogP contribution in [0.4, 0.5) is 5.82 Å². The number of hydrogen-bond donors (Lipinski definition) is 1. The Labute approximate surface area is 152 Å². The van der Waals surface area contributed by atoms with E-state index in [0.717, 1.165) is 5.82 Å². The highest BCUT2D eigenvalue weighted by atomic mass is 16.5. The molecule has 2 aliphatic rings. The number of hydrogen-bond acceptors (Lipinski definition) is 6. The van der Waals surface area contributed by atoms with Crippen LogP contribution < -0.4 is 5.32 Å². The monoisotopic (exact) mass is 356 g/mol. The lowest BCUT2D eigenvalue weighted by Gasteiger charge is -2.34. The lowest BCUT2D eigenvalue weighted by molar-refractivity contribution is -0.00553. The number of rotatable bonds is 4. The van der Waals surface area contributed by atoms with Gasteiger partial charge in [0.25, 0.3) is 5.91 Å². The third-order valence-electron chi connectivity index (χ3n) is 5.00. The lowest BCUT2D eigenvalue weighted by Crippen LogP contribution is -2.44. The summed E-state index contributed by atoms with van der Waals surface area (Å²) in [4.78, 5) is 23.7. The topological polar surface area (TPSA) is 85.2 Å². The van der Waals surface area contributed by atoms with Crippen molar-refractivity contribution in [3.05, 3.63) is 36.0 Å². The molecular formula is C18H24N6O2. The smallest absolute Gasteiger partial charge is 0.275 e. The molecule has 0 aromatic carbocycles. The molecule has 2 fully saturated rings. The predicted octanol–water partition coefficient (Wildman–Crippen LogP) is 1.78. The molecule has 1 amide bonds. The first-order valence-electron chi connectivity index (χ1n) is 9.18. The Morgan fingerprint density at radius 1 is 1.31 bits per heavy atom. The fourth-order valence-electron chi connectivity index (χ4n) is 3.63. The molecule has 26 heavy (non-hydrogen) atoms. The molecule has 1 aliphatic heterocycles. The maximum atomic E-state index is 12.9. The summed E-state index contributed by atoms with van der Waals surface area (Å²) in [5, 5.41) is 7.72. The molecular weight excluding hydrogens is 332 g/mol. The van der Waals surface area contributed by atoms with Crippen molar-refractivity contribution in [3.63, 3.8) is 0 Å². The highest BCUT2D eigenvalue weighted by molar-refractivity contribution is 5.92. The van der Waals surface area contributed by atoms with Crippen molar-refractivity contribution < 1.29 is 9.53 Å². The van der Waals surface area contributed by atoms with Crippen molar-refractivity contribution in [2.24, 2.45) is 7.05 Å². The fraction of sp³-hybridized carbons (Fsp3) is 0.556. The Bertz CT molecular complexity index is 771. The largest absolute Gasteiger partial charge is 0.377 e. The molecule has 4 rings (SSSR count). The Balaban J connectivity index is 1.55. The van der Waals surface area contributed by atoms with Crippen molar-refractivity contribution in [2.75, 3.05) is 25.1 Å². The van der Waals surface area contributed by atoms with Gasteiger partial charge in [-0.3, -0.25) is 9.48 Å². The van der Waals surface area contributed by atoms with E-state index in [0.29, 0.717) is 37.3 Å². The summed E-state index contributed by atoms with van der Waals surface area (Å²) in [6, 6.07) is 3.79. The molecule has 138 valence electrons. The van der Waals surface area contributed by atoms with E-state index in [9.17, 15) is 4.79 Å².